The Morgan fingerprint density at radius 2 is 1.70 bits per heavy atom. The van der Waals surface area contributed by atoms with Gasteiger partial charge in [0.15, 0.2) is 0 Å². The van der Waals surface area contributed by atoms with Gasteiger partial charge in [-0.1, -0.05) is 36.4 Å². The van der Waals surface area contributed by atoms with Gasteiger partial charge in [-0.2, -0.15) is 4.79 Å². The van der Waals surface area contributed by atoms with E-state index in [1.54, 1.807) is 6.08 Å². The highest BCUT2D eigenvalue weighted by molar-refractivity contribution is 6.09. The molecule has 0 saturated carbocycles. The molecule has 0 spiro atoms. The molecule has 3 nitrogen and oxygen atoms in total. The summed E-state index contributed by atoms with van der Waals surface area (Å²) in [5, 5.41) is 0. The molecule has 0 heterocycles. The second kappa shape index (κ2) is 7.19. The van der Waals surface area contributed by atoms with Crippen LogP contribution in [0.4, 0.5) is 0 Å². The van der Waals surface area contributed by atoms with Crippen LogP contribution >= 0.6 is 0 Å². The van der Waals surface area contributed by atoms with E-state index < -0.39 is 0 Å². The third-order valence-corrected chi connectivity index (χ3v) is 2.88. The minimum Gasteiger partial charge on any atom is -0.373 e. The van der Waals surface area contributed by atoms with Crippen molar-refractivity contribution in [3.8, 4) is 0 Å². The van der Waals surface area contributed by atoms with Crippen molar-refractivity contribution in [2.75, 3.05) is 6.61 Å². The summed E-state index contributed by atoms with van der Waals surface area (Å²) in [5.74, 6) is 0. The molecule has 3 heteroatoms. The smallest absolute Gasteiger partial charge is 0.329 e. The van der Waals surface area contributed by atoms with Crippen molar-refractivity contribution in [1.82, 2.24) is 0 Å². The Balaban J connectivity index is 2.16. The first-order valence-electron chi connectivity index (χ1n) is 6.40. The van der Waals surface area contributed by atoms with Gasteiger partial charge in [-0.15, -0.1) is 6.58 Å². The van der Waals surface area contributed by atoms with Gasteiger partial charge in [-0.05, 0) is 29.8 Å². The van der Waals surface area contributed by atoms with Crippen molar-refractivity contribution >= 4 is 5.71 Å². The van der Waals surface area contributed by atoms with Gasteiger partial charge in [0.25, 0.3) is 0 Å². The fourth-order valence-electron chi connectivity index (χ4n) is 1.90. The molecule has 0 amide bonds. The Morgan fingerprint density at radius 1 is 1.05 bits per heavy atom. The molecule has 0 atom stereocenters. The molecular formula is C17H16N2O. The lowest BCUT2D eigenvalue weighted by Gasteiger charge is -2.02. The maximum atomic E-state index is 9.23. The predicted molar refractivity (Wildman–Crippen MR) is 79.6 cm³/mol. The van der Waals surface area contributed by atoms with Gasteiger partial charge in [-0.25, -0.2) is 0 Å². The monoisotopic (exact) mass is 264 g/mol. The Morgan fingerprint density at radius 3 is 2.30 bits per heavy atom. The average Bonchev–Trinajstić information content (AvgIpc) is 2.51. The van der Waals surface area contributed by atoms with Crippen LogP contribution in [0.1, 0.15) is 16.7 Å². The second-order valence-electron chi connectivity index (χ2n) is 4.32. The molecule has 0 fully saturated rings. The standard InChI is InChI=1S/C17H16N2O/c1-2-12-20-13-14-8-10-16(11-9-14)17(19-18)15-6-4-3-5-7-15/h2-11H,1,12-13H2. The average molecular weight is 264 g/mol. The van der Waals surface area contributed by atoms with Crippen molar-refractivity contribution in [3.05, 3.63) is 89.5 Å². The lowest BCUT2D eigenvalue weighted by Crippen LogP contribution is -2.04. The molecule has 2 rings (SSSR count). The van der Waals surface area contributed by atoms with Gasteiger partial charge in [-0.3, -0.25) is 0 Å². The van der Waals surface area contributed by atoms with Gasteiger partial charge in [0, 0.05) is 0 Å². The van der Waals surface area contributed by atoms with E-state index in [4.69, 9.17) is 4.74 Å². The number of rotatable bonds is 6. The summed E-state index contributed by atoms with van der Waals surface area (Å²) in [6.45, 7) is 4.69. The normalized spacial score (nSPS) is 9.80. The SMILES string of the molecule is C=CCOCc1ccc(C(=[N+]=[N-])c2ccccc2)cc1. The minimum atomic E-state index is 0.537. The van der Waals surface area contributed by atoms with Gasteiger partial charge in [0.2, 0.25) is 0 Å². The molecule has 20 heavy (non-hydrogen) atoms. The molecule has 0 aliphatic heterocycles. The summed E-state index contributed by atoms with van der Waals surface area (Å²) >= 11 is 0. The topological polar surface area (TPSA) is 45.6 Å². The van der Waals surface area contributed by atoms with Crippen LogP contribution < -0.4 is 0 Å². The Hall–Kier alpha value is -2.48. The fourth-order valence-corrected chi connectivity index (χ4v) is 1.90. The molecule has 0 radical (unpaired) electrons. The van der Waals surface area contributed by atoms with E-state index in [0.717, 1.165) is 16.7 Å². The van der Waals surface area contributed by atoms with E-state index in [1.165, 1.54) is 0 Å². The van der Waals surface area contributed by atoms with Gasteiger partial charge >= 0.3 is 5.71 Å². The second-order valence-corrected chi connectivity index (χ2v) is 4.32. The molecular weight excluding hydrogens is 248 g/mol. The lowest BCUT2D eigenvalue weighted by molar-refractivity contribution is -0.00279. The van der Waals surface area contributed by atoms with E-state index in [-0.39, 0.29) is 0 Å². The quantitative estimate of drug-likeness (QED) is 0.259. The van der Waals surface area contributed by atoms with Gasteiger partial charge in [0.1, 0.15) is 0 Å². The Kier molecular flexibility index (Phi) is 5.01. The number of hydrogen-bond acceptors (Lipinski definition) is 1. The van der Waals surface area contributed by atoms with Crippen molar-refractivity contribution < 1.29 is 9.53 Å². The van der Waals surface area contributed by atoms with Crippen LogP contribution in [0, 0.1) is 0 Å². The molecule has 2 aromatic carbocycles. The van der Waals surface area contributed by atoms with Gasteiger partial charge < -0.3 is 10.3 Å². The third-order valence-electron chi connectivity index (χ3n) is 2.88. The molecule has 0 aliphatic carbocycles. The highest BCUT2D eigenvalue weighted by atomic mass is 16.5. The van der Waals surface area contributed by atoms with Crippen molar-refractivity contribution in [2.45, 2.75) is 6.61 Å². The van der Waals surface area contributed by atoms with Crippen LogP contribution in [0.3, 0.4) is 0 Å². The largest absolute Gasteiger partial charge is 0.373 e. The van der Waals surface area contributed by atoms with Crippen LogP contribution in [0.25, 0.3) is 5.53 Å². The summed E-state index contributed by atoms with van der Waals surface area (Å²) < 4.78 is 5.38. The first-order valence-corrected chi connectivity index (χ1v) is 6.40. The van der Waals surface area contributed by atoms with Crippen LogP contribution in [-0.2, 0) is 11.3 Å². The predicted octanol–water partition coefficient (Wildman–Crippen LogP) is 3.46. The molecule has 0 bridgehead atoms. The molecule has 0 unspecified atom stereocenters. The van der Waals surface area contributed by atoms with Crippen LogP contribution in [0.2, 0.25) is 0 Å². The number of benzene rings is 2. The summed E-state index contributed by atoms with van der Waals surface area (Å²) in [6, 6.07) is 17.4. The van der Waals surface area contributed by atoms with Crippen LogP contribution in [0.15, 0.2) is 67.3 Å². The molecule has 100 valence electrons. The maximum Gasteiger partial charge on any atom is 0.329 e. The maximum absolute atomic E-state index is 9.23. The van der Waals surface area contributed by atoms with E-state index in [9.17, 15) is 5.53 Å². The van der Waals surface area contributed by atoms with Crippen LogP contribution in [0.5, 0.6) is 0 Å². The molecule has 0 saturated heterocycles. The minimum absolute atomic E-state index is 0.537. The Bertz CT molecular complexity index is 611. The molecule has 0 N–H and O–H groups in total. The summed E-state index contributed by atoms with van der Waals surface area (Å²) in [5.41, 5.74) is 12.6. The zero-order chi connectivity index (χ0) is 14.2. The number of ether oxygens (including phenoxy) is 1. The summed E-state index contributed by atoms with van der Waals surface area (Å²) in [7, 11) is 0. The van der Waals surface area contributed by atoms with Crippen LogP contribution in [-0.4, -0.2) is 17.1 Å². The first kappa shape index (κ1) is 13.9. The highest BCUT2D eigenvalue weighted by Gasteiger charge is 2.14. The fraction of sp³-hybridized carbons (Fsp3) is 0.118. The summed E-state index contributed by atoms with van der Waals surface area (Å²) in [4.78, 5) is 3.41. The molecule has 2 aromatic rings. The van der Waals surface area contributed by atoms with Gasteiger partial charge in [0.05, 0.1) is 24.3 Å². The van der Waals surface area contributed by atoms with E-state index in [1.807, 2.05) is 54.6 Å². The number of nitrogens with zero attached hydrogens (tertiary/aromatic N) is 2. The highest BCUT2D eigenvalue weighted by Crippen LogP contribution is 2.11. The zero-order valence-corrected chi connectivity index (χ0v) is 11.2. The summed E-state index contributed by atoms with van der Waals surface area (Å²) in [6.07, 6.45) is 1.72. The van der Waals surface area contributed by atoms with Crippen molar-refractivity contribution in [3.63, 3.8) is 0 Å². The van der Waals surface area contributed by atoms with E-state index in [0.29, 0.717) is 18.9 Å². The lowest BCUT2D eigenvalue weighted by atomic mass is 10.0. The molecule has 0 aromatic heterocycles. The zero-order valence-electron chi connectivity index (χ0n) is 11.2. The van der Waals surface area contributed by atoms with E-state index in [2.05, 4.69) is 11.4 Å². The molecule has 0 aliphatic rings. The third kappa shape index (κ3) is 3.51. The Labute approximate surface area is 118 Å². The van der Waals surface area contributed by atoms with Crippen molar-refractivity contribution in [2.24, 2.45) is 0 Å². The first-order chi connectivity index (χ1) is 9.85. The van der Waals surface area contributed by atoms with E-state index >= 15 is 0 Å². The number of hydrogen-bond donors (Lipinski definition) is 0. The van der Waals surface area contributed by atoms with Crippen molar-refractivity contribution in [1.29, 1.82) is 0 Å².